The van der Waals surface area contributed by atoms with Gasteiger partial charge in [0.05, 0.1) is 6.33 Å². The number of nitrogens with one attached hydrogen (secondary N) is 1. The molecular formula is C9H13N3. The maximum absolute atomic E-state index is 4.05. The summed E-state index contributed by atoms with van der Waals surface area (Å²) in [5, 5.41) is 3.60. The molecule has 0 atom stereocenters. The highest BCUT2D eigenvalue weighted by Gasteiger charge is 2.49. The topological polar surface area (TPSA) is 29.9 Å². The molecule has 3 aliphatic rings. The van der Waals surface area contributed by atoms with Crippen molar-refractivity contribution >= 4 is 0 Å². The Morgan fingerprint density at radius 1 is 1.58 bits per heavy atom. The van der Waals surface area contributed by atoms with Crippen LogP contribution in [0.3, 0.4) is 0 Å². The van der Waals surface area contributed by atoms with Crippen LogP contribution in [0.5, 0.6) is 0 Å². The maximum atomic E-state index is 4.05. The lowest BCUT2D eigenvalue weighted by Gasteiger charge is -2.37. The molecule has 1 aromatic rings. The summed E-state index contributed by atoms with van der Waals surface area (Å²) in [5.74, 6) is 0.966. The average Bonchev–Trinajstić information content (AvgIpc) is 2.61. The molecule has 0 radical (unpaired) electrons. The zero-order valence-electron chi connectivity index (χ0n) is 7.03. The van der Waals surface area contributed by atoms with Gasteiger partial charge in [0.2, 0.25) is 0 Å². The monoisotopic (exact) mass is 163 g/mol. The Hall–Kier alpha value is -0.830. The van der Waals surface area contributed by atoms with Crippen LogP contribution >= 0.6 is 0 Å². The third kappa shape index (κ3) is 0.829. The second kappa shape index (κ2) is 2.10. The minimum Gasteiger partial charge on any atom is -0.336 e. The quantitative estimate of drug-likeness (QED) is 0.693. The largest absolute Gasteiger partial charge is 0.336 e. The van der Waals surface area contributed by atoms with E-state index in [-0.39, 0.29) is 0 Å². The van der Waals surface area contributed by atoms with Crippen LogP contribution in [0.4, 0.5) is 0 Å². The van der Waals surface area contributed by atoms with Crippen LogP contribution in [0.1, 0.15) is 12.8 Å². The fourth-order valence-corrected chi connectivity index (χ4v) is 2.61. The van der Waals surface area contributed by atoms with Crippen molar-refractivity contribution in [2.24, 2.45) is 5.92 Å². The summed E-state index contributed by atoms with van der Waals surface area (Å²) in [4.78, 5) is 4.05. The average molecular weight is 163 g/mol. The highest BCUT2D eigenvalue weighted by molar-refractivity contribution is 5.08. The number of nitrogens with zero attached hydrogens (tertiary/aromatic N) is 2. The number of hydrogen-bond donors (Lipinski definition) is 1. The first kappa shape index (κ1) is 6.66. The van der Waals surface area contributed by atoms with Crippen LogP contribution in [0.15, 0.2) is 18.7 Å². The summed E-state index contributed by atoms with van der Waals surface area (Å²) >= 11 is 0. The highest BCUT2D eigenvalue weighted by atomic mass is 15.1. The van der Waals surface area contributed by atoms with Crippen molar-refractivity contribution in [3.63, 3.8) is 0 Å². The van der Waals surface area contributed by atoms with E-state index in [2.05, 4.69) is 14.9 Å². The molecule has 3 heterocycles. The van der Waals surface area contributed by atoms with Crippen molar-refractivity contribution in [2.75, 3.05) is 6.54 Å². The third-order valence-corrected chi connectivity index (χ3v) is 3.17. The Kier molecular flexibility index (Phi) is 1.17. The predicted octanol–water partition coefficient (Wildman–Crippen LogP) is 0.635. The molecule has 2 saturated heterocycles. The van der Waals surface area contributed by atoms with Gasteiger partial charge < -0.3 is 9.88 Å². The van der Waals surface area contributed by atoms with Crippen LogP contribution in [0.2, 0.25) is 0 Å². The lowest BCUT2D eigenvalue weighted by molar-refractivity contribution is 0.196. The number of rotatable bonds is 2. The third-order valence-electron chi connectivity index (χ3n) is 3.17. The minimum atomic E-state index is 0.436. The normalized spacial score (nSPS) is 38.2. The van der Waals surface area contributed by atoms with E-state index >= 15 is 0 Å². The fraction of sp³-hybridized carbons (Fsp3) is 0.667. The Bertz CT molecular complexity index is 266. The van der Waals surface area contributed by atoms with Crippen LogP contribution in [-0.2, 0) is 6.54 Å². The second-order valence-corrected chi connectivity index (χ2v) is 4.17. The molecular weight excluding hydrogens is 150 g/mol. The maximum Gasteiger partial charge on any atom is 0.0946 e. The minimum absolute atomic E-state index is 0.436. The van der Waals surface area contributed by atoms with Gasteiger partial charge in [-0.25, -0.2) is 4.98 Å². The number of hydrogen-bond acceptors (Lipinski definition) is 2. The molecule has 0 amide bonds. The Labute approximate surface area is 71.8 Å². The van der Waals surface area contributed by atoms with Crippen molar-refractivity contribution in [1.29, 1.82) is 0 Å². The molecule has 3 heteroatoms. The van der Waals surface area contributed by atoms with E-state index in [1.807, 2.05) is 18.7 Å². The Morgan fingerprint density at radius 2 is 2.50 bits per heavy atom. The van der Waals surface area contributed by atoms with Gasteiger partial charge in [0.25, 0.3) is 0 Å². The number of aromatic nitrogens is 2. The van der Waals surface area contributed by atoms with Gasteiger partial charge in [-0.3, -0.25) is 0 Å². The van der Waals surface area contributed by atoms with Gasteiger partial charge in [-0.05, 0) is 25.3 Å². The molecule has 3 nitrogen and oxygen atoms in total. The summed E-state index contributed by atoms with van der Waals surface area (Å²) < 4.78 is 2.18. The number of imidazole rings is 1. The van der Waals surface area contributed by atoms with E-state index in [0.717, 1.165) is 12.5 Å². The van der Waals surface area contributed by atoms with Gasteiger partial charge in [0.1, 0.15) is 0 Å². The zero-order chi connectivity index (χ0) is 8.02. The van der Waals surface area contributed by atoms with Crippen molar-refractivity contribution in [3.05, 3.63) is 18.7 Å². The summed E-state index contributed by atoms with van der Waals surface area (Å²) in [6, 6.07) is 0. The standard InChI is InChI=1S/C9H13N3/c1-2-12(7-10-1)6-9-3-8(4-9)5-11-9/h1-2,7-8,11H,3-6H2. The molecule has 3 fully saturated rings. The molecule has 4 rings (SSSR count). The molecule has 1 aromatic heterocycles. The van der Waals surface area contributed by atoms with Gasteiger partial charge in [0.15, 0.2) is 0 Å². The van der Waals surface area contributed by atoms with Crippen molar-refractivity contribution < 1.29 is 0 Å². The fourth-order valence-electron chi connectivity index (χ4n) is 2.61. The van der Waals surface area contributed by atoms with Crippen LogP contribution < -0.4 is 5.32 Å². The first-order chi connectivity index (χ1) is 5.86. The van der Waals surface area contributed by atoms with E-state index in [1.54, 1.807) is 0 Å². The molecule has 64 valence electrons. The lowest BCUT2D eigenvalue weighted by atomic mass is 9.73. The number of fused-ring (bicyclic) bond motifs is 1. The first-order valence-electron chi connectivity index (χ1n) is 4.57. The molecule has 2 bridgehead atoms. The Balaban J connectivity index is 1.76. The summed E-state index contributed by atoms with van der Waals surface area (Å²) in [5.41, 5.74) is 0.436. The smallest absolute Gasteiger partial charge is 0.0946 e. The highest BCUT2D eigenvalue weighted by Crippen LogP contribution is 2.44. The van der Waals surface area contributed by atoms with Gasteiger partial charge in [0, 0.05) is 24.5 Å². The van der Waals surface area contributed by atoms with E-state index in [4.69, 9.17) is 0 Å². The first-order valence-corrected chi connectivity index (χ1v) is 4.57. The molecule has 2 aliphatic heterocycles. The zero-order valence-corrected chi connectivity index (χ0v) is 7.03. The SMILES string of the molecule is c1cn(CC23CC(CN2)C3)cn1. The molecule has 1 aliphatic carbocycles. The summed E-state index contributed by atoms with van der Waals surface area (Å²) in [7, 11) is 0. The molecule has 1 saturated carbocycles. The molecule has 0 unspecified atom stereocenters. The molecule has 0 aromatic carbocycles. The van der Waals surface area contributed by atoms with E-state index in [0.29, 0.717) is 5.54 Å². The predicted molar refractivity (Wildman–Crippen MR) is 45.7 cm³/mol. The van der Waals surface area contributed by atoms with Crippen molar-refractivity contribution in [3.8, 4) is 0 Å². The van der Waals surface area contributed by atoms with Gasteiger partial charge in [-0.1, -0.05) is 0 Å². The van der Waals surface area contributed by atoms with E-state index in [9.17, 15) is 0 Å². The van der Waals surface area contributed by atoms with E-state index in [1.165, 1.54) is 19.4 Å². The van der Waals surface area contributed by atoms with E-state index < -0.39 is 0 Å². The summed E-state index contributed by atoms with van der Waals surface area (Å²) in [6.07, 6.45) is 8.53. The molecule has 0 spiro atoms. The van der Waals surface area contributed by atoms with Gasteiger partial charge in [-0.2, -0.15) is 0 Å². The van der Waals surface area contributed by atoms with Gasteiger partial charge in [-0.15, -0.1) is 0 Å². The second-order valence-electron chi connectivity index (χ2n) is 4.17. The van der Waals surface area contributed by atoms with Gasteiger partial charge >= 0.3 is 0 Å². The lowest BCUT2D eigenvalue weighted by Crippen LogP contribution is -2.46. The van der Waals surface area contributed by atoms with Crippen LogP contribution in [0, 0.1) is 5.92 Å². The van der Waals surface area contributed by atoms with Crippen molar-refractivity contribution in [2.45, 2.75) is 24.9 Å². The molecule has 12 heavy (non-hydrogen) atoms. The Morgan fingerprint density at radius 3 is 3.08 bits per heavy atom. The van der Waals surface area contributed by atoms with Crippen LogP contribution in [-0.4, -0.2) is 21.6 Å². The summed E-state index contributed by atoms with van der Waals surface area (Å²) in [6.45, 7) is 2.33. The van der Waals surface area contributed by atoms with Crippen LogP contribution in [0.25, 0.3) is 0 Å². The molecule has 1 N–H and O–H groups in total. The van der Waals surface area contributed by atoms with Crippen molar-refractivity contribution in [1.82, 2.24) is 14.9 Å².